The minimum atomic E-state index is -0.225. The fourth-order valence-electron chi connectivity index (χ4n) is 3.03. The Morgan fingerprint density at radius 1 is 1.07 bits per heavy atom. The number of hydrogen-bond acceptors (Lipinski definition) is 5. The Morgan fingerprint density at radius 3 is 2.89 bits per heavy atom. The van der Waals surface area contributed by atoms with Crippen molar-refractivity contribution in [1.29, 1.82) is 0 Å². The molecule has 0 fully saturated rings. The van der Waals surface area contributed by atoms with Crippen LogP contribution in [-0.2, 0) is 0 Å². The van der Waals surface area contributed by atoms with E-state index in [1.165, 1.54) is 6.20 Å². The van der Waals surface area contributed by atoms with Gasteiger partial charge in [0.1, 0.15) is 5.65 Å². The molecule has 0 unspecified atom stereocenters. The largest absolute Gasteiger partial charge is 0.454 e. The second kappa shape index (κ2) is 6.14. The maximum Gasteiger partial charge on any atom is 0.257 e. The van der Waals surface area contributed by atoms with Crippen molar-refractivity contribution < 1.29 is 14.3 Å². The molecule has 1 aromatic carbocycles. The molecular weight excluding hydrogens is 344 g/mol. The lowest BCUT2D eigenvalue weighted by atomic mass is 10.1. The lowest BCUT2D eigenvalue weighted by Crippen LogP contribution is -2.11. The zero-order chi connectivity index (χ0) is 18.2. The highest BCUT2D eigenvalue weighted by Crippen LogP contribution is 2.36. The van der Waals surface area contributed by atoms with Crippen LogP contribution in [0.1, 0.15) is 10.4 Å². The number of nitrogens with one attached hydrogen (secondary N) is 2. The third-order valence-corrected chi connectivity index (χ3v) is 4.41. The number of H-pyrrole nitrogens is 1. The molecular formula is C20H14N4O3. The van der Waals surface area contributed by atoms with Crippen molar-refractivity contribution in [3.05, 3.63) is 66.7 Å². The highest BCUT2D eigenvalue weighted by molar-refractivity contribution is 6.08. The molecule has 2 N–H and O–H groups in total. The number of ether oxygens (including phenoxy) is 2. The Morgan fingerprint density at radius 2 is 2.00 bits per heavy atom. The van der Waals surface area contributed by atoms with Gasteiger partial charge in [-0.1, -0.05) is 6.07 Å². The smallest absolute Gasteiger partial charge is 0.257 e. The summed E-state index contributed by atoms with van der Waals surface area (Å²) in [5, 5.41) is 3.73. The summed E-state index contributed by atoms with van der Waals surface area (Å²) >= 11 is 0. The Kier molecular flexibility index (Phi) is 3.50. The molecule has 0 atom stereocenters. The number of amides is 1. The molecule has 4 aromatic rings. The summed E-state index contributed by atoms with van der Waals surface area (Å²) in [6.45, 7) is 0.235. The Hall–Kier alpha value is -3.87. The lowest BCUT2D eigenvalue weighted by Gasteiger charge is -2.06. The molecule has 0 radical (unpaired) electrons. The monoisotopic (exact) mass is 358 g/mol. The standard InChI is InChI=1S/C20H14N4O3/c25-20(13-2-1-5-21-8-13)24-16-10-23-19-15(16)6-14(9-22-19)12-3-4-17-18(7-12)27-11-26-17/h1-10H,11H2,(H,22,23)(H,24,25). The van der Waals surface area contributed by atoms with Gasteiger partial charge in [-0.15, -0.1) is 0 Å². The minimum absolute atomic E-state index is 0.225. The number of nitrogens with zero attached hydrogens (tertiary/aromatic N) is 2. The lowest BCUT2D eigenvalue weighted by molar-refractivity contribution is 0.102. The molecule has 3 aromatic heterocycles. The third kappa shape index (κ3) is 2.75. The van der Waals surface area contributed by atoms with Gasteiger partial charge in [-0.3, -0.25) is 9.78 Å². The van der Waals surface area contributed by atoms with Gasteiger partial charge in [0.25, 0.3) is 5.91 Å². The highest BCUT2D eigenvalue weighted by atomic mass is 16.7. The van der Waals surface area contributed by atoms with Crippen molar-refractivity contribution >= 4 is 22.6 Å². The van der Waals surface area contributed by atoms with Gasteiger partial charge in [-0.25, -0.2) is 4.98 Å². The van der Waals surface area contributed by atoms with Crippen LogP contribution >= 0.6 is 0 Å². The number of rotatable bonds is 3. The third-order valence-electron chi connectivity index (χ3n) is 4.41. The molecule has 0 saturated heterocycles. The molecule has 4 heterocycles. The predicted molar refractivity (Wildman–Crippen MR) is 99.8 cm³/mol. The van der Waals surface area contributed by atoms with E-state index in [1.54, 1.807) is 30.7 Å². The molecule has 0 spiro atoms. The van der Waals surface area contributed by atoms with E-state index in [0.717, 1.165) is 22.3 Å². The van der Waals surface area contributed by atoms with Crippen molar-refractivity contribution in [2.45, 2.75) is 0 Å². The Labute approximate surface area is 154 Å². The van der Waals surface area contributed by atoms with Gasteiger partial charge in [0.05, 0.1) is 11.3 Å². The van der Waals surface area contributed by atoms with Crippen molar-refractivity contribution in [2.24, 2.45) is 0 Å². The van der Waals surface area contributed by atoms with Gasteiger partial charge in [0.2, 0.25) is 6.79 Å². The molecule has 7 nitrogen and oxygen atoms in total. The SMILES string of the molecule is O=C(Nc1c[nH]c2ncc(-c3ccc4c(c3)OCO4)cc12)c1cccnc1. The van der Waals surface area contributed by atoms with Gasteiger partial charge < -0.3 is 19.8 Å². The van der Waals surface area contributed by atoms with Gasteiger partial charge in [-0.2, -0.15) is 0 Å². The second-order valence-electron chi connectivity index (χ2n) is 6.09. The zero-order valence-corrected chi connectivity index (χ0v) is 14.1. The van der Waals surface area contributed by atoms with Gasteiger partial charge in [0, 0.05) is 35.7 Å². The number of carbonyl (C=O) groups is 1. The number of aromatic amines is 1. The van der Waals surface area contributed by atoms with Crippen LogP contribution < -0.4 is 14.8 Å². The Bertz CT molecular complexity index is 1150. The van der Waals surface area contributed by atoms with Crippen LogP contribution in [0.25, 0.3) is 22.2 Å². The van der Waals surface area contributed by atoms with Crippen molar-refractivity contribution in [3.63, 3.8) is 0 Å². The average Bonchev–Trinajstić information content (AvgIpc) is 3.34. The molecule has 0 bridgehead atoms. The van der Waals surface area contributed by atoms with Crippen LogP contribution in [-0.4, -0.2) is 27.7 Å². The first-order valence-corrected chi connectivity index (χ1v) is 8.36. The van der Waals surface area contributed by atoms with Crippen molar-refractivity contribution in [1.82, 2.24) is 15.0 Å². The minimum Gasteiger partial charge on any atom is -0.454 e. The number of anilines is 1. The molecule has 5 rings (SSSR count). The van der Waals surface area contributed by atoms with Crippen molar-refractivity contribution in [3.8, 4) is 22.6 Å². The average molecular weight is 358 g/mol. The topological polar surface area (TPSA) is 89.1 Å². The molecule has 1 aliphatic rings. The van der Waals surface area contributed by atoms with Crippen LogP contribution in [0.15, 0.2) is 61.2 Å². The number of pyridine rings is 2. The molecule has 0 saturated carbocycles. The summed E-state index contributed by atoms with van der Waals surface area (Å²) in [6.07, 6.45) is 6.67. The molecule has 0 aliphatic carbocycles. The quantitative estimate of drug-likeness (QED) is 0.584. The fourth-order valence-corrected chi connectivity index (χ4v) is 3.03. The van der Waals surface area contributed by atoms with E-state index in [2.05, 4.69) is 20.3 Å². The van der Waals surface area contributed by atoms with Crippen LogP contribution in [0, 0.1) is 0 Å². The molecule has 1 aliphatic heterocycles. The number of fused-ring (bicyclic) bond motifs is 2. The van der Waals surface area contributed by atoms with Crippen LogP contribution in [0.4, 0.5) is 5.69 Å². The maximum atomic E-state index is 12.4. The maximum absolute atomic E-state index is 12.4. The number of benzene rings is 1. The van der Waals surface area contributed by atoms with E-state index < -0.39 is 0 Å². The second-order valence-corrected chi connectivity index (χ2v) is 6.09. The normalized spacial score (nSPS) is 12.3. The van der Waals surface area contributed by atoms with E-state index in [1.807, 2.05) is 24.3 Å². The first kappa shape index (κ1) is 15.4. The van der Waals surface area contributed by atoms with Crippen LogP contribution in [0.3, 0.4) is 0 Å². The van der Waals surface area contributed by atoms with E-state index >= 15 is 0 Å². The molecule has 132 valence electrons. The van der Waals surface area contributed by atoms with Gasteiger partial charge in [-0.05, 0) is 35.9 Å². The first-order valence-electron chi connectivity index (χ1n) is 8.36. The van der Waals surface area contributed by atoms with E-state index in [9.17, 15) is 4.79 Å². The number of hydrogen-bond donors (Lipinski definition) is 2. The van der Waals surface area contributed by atoms with Crippen molar-refractivity contribution in [2.75, 3.05) is 12.1 Å². The number of aromatic nitrogens is 3. The number of carbonyl (C=O) groups excluding carboxylic acids is 1. The molecule has 7 heteroatoms. The summed E-state index contributed by atoms with van der Waals surface area (Å²) in [7, 11) is 0. The molecule has 27 heavy (non-hydrogen) atoms. The van der Waals surface area contributed by atoms with Crippen LogP contribution in [0.2, 0.25) is 0 Å². The van der Waals surface area contributed by atoms with E-state index in [-0.39, 0.29) is 12.7 Å². The summed E-state index contributed by atoms with van der Waals surface area (Å²) in [6, 6.07) is 11.2. The summed E-state index contributed by atoms with van der Waals surface area (Å²) < 4.78 is 10.8. The van der Waals surface area contributed by atoms with E-state index in [4.69, 9.17) is 9.47 Å². The predicted octanol–water partition coefficient (Wildman–Crippen LogP) is 3.61. The first-order chi connectivity index (χ1) is 13.3. The summed E-state index contributed by atoms with van der Waals surface area (Å²) in [5.41, 5.74) is 3.72. The highest BCUT2D eigenvalue weighted by Gasteiger charge is 2.15. The molecule has 1 amide bonds. The summed E-state index contributed by atoms with van der Waals surface area (Å²) in [5.74, 6) is 1.23. The van der Waals surface area contributed by atoms with Crippen LogP contribution in [0.5, 0.6) is 11.5 Å². The van der Waals surface area contributed by atoms with Gasteiger partial charge in [0.15, 0.2) is 11.5 Å². The summed E-state index contributed by atoms with van der Waals surface area (Å²) in [4.78, 5) is 23.9. The van der Waals surface area contributed by atoms with Gasteiger partial charge >= 0.3 is 0 Å². The Balaban J connectivity index is 1.50. The fraction of sp³-hybridized carbons (Fsp3) is 0.0500. The van der Waals surface area contributed by atoms with E-state index in [0.29, 0.717) is 22.6 Å². The zero-order valence-electron chi connectivity index (χ0n) is 14.1.